The molecular weight excluding hydrogens is 267 g/mol. The second-order valence-electron chi connectivity index (χ2n) is 4.01. The monoisotopic (exact) mass is 280 g/mol. The summed E-state index contributed by atoms with van der Waals surface area (Å²) in [7, 11) is 1.58. The van der Waals surface area contributed by atoms with Crippen molar-refractivity contribution < 1.29 is 9.13 Å². The highest BCUT2D eigenvalue weighted by molar-refractivity contribution is 6.31. The van der Waals surface area contributed by atoms with Gasteiger partial charge in [0.1, 0.15) is 11.6 Å². The van der Waals surface area contributed by atoms with Crippen molar-refractivity contribution in [3.63, 3.8) is 0 Å². The minimum Gasteiger partial charge on any atom is -0.496 e. The van der Waals surface area contributed by atoms with Crippen molar-refractivity contribution >= 4 is 23.0 Å². The number of hydrogen-bond donors (Lipinski definition) is 2. The number of hydrogen-bond acceptors (Lipinski definition) is 3. The van der Waals surface area contributed by atoms with Crippen molar-refractivity contribution in [2.45, 2.75) is 6.54 Å². The Morgan fingerprint density at radius 3 is 2.84 bits per heavy atom. The van der Waals surface area contributed by atoms with E-state index in [0.29, 0.717) is 28.7 Å². The molecule has 0 fully saturated rings. The highest BCUT2D eigenvalue weighted by Gasteiger charge is 2.08. The molecule has 0 amide bonds. The molecule has 3 N–H and O–H groups in total. The van der Waals surface area contributed by atoms with E-state index in [2.05, 4.69) is 5.32 Å². The van der Waals surface area contributed by atoms with Gasteiger partial charge in [-0.25, -0.2) is 4.39 Å². The summed E-state index contributed by atoms with van der Waals surface area (Å²) < 4.78 is 18.4. The number of nitrogen functional groups attached to an aromatic ring is 1. The summed E-state index contributed by atoms with van der Waals surface area (Å²) in [6.07, 6.45) is 0. The standard InChI is InChI=1S/C14H14ClFN2O/c1-19-14-4-2-3-11(15)10(14)8-18-13-7-9(16)5-6-12(13)17/h2-7,18H,8,17H2,1H3. The van der Waals surface area contributed by atoms with E-state index in [9.17, 15) is 4.39 Å². The van der Waals surface area contributed by atoms with Crippen LogP contribution in [0.15, 0.2) is 36.4 Å². The molecule has 0 saturated carbocycles. The van der Waals surface area contributed by atoms with Crippen molar-refractivity contribution in [3.8, 4) is 5.75 Å². The van der Waals surface area contributed by atoms with E-state index in [1.54, 1.807) is 19.2 Å². The van der Waals surface area contributed by atoms with Gasteiger partial charge in [-0.3, -0.25) is 0 Å². The molecular formula is C14H14ClFN2O. The van der Waals surface area contributed by atoms with E-state index in [1.165, 1.54) is 18.2 Å². The van der Waals surface area contributed by atoms with Crippen LogP contribution < -0.4 is 15.8 Å². The Morgan fingerprint density at radius 1 is 1.32 bits per heavy atom. The smallest absolute Gasteiger partial charge is 0.125 e. The molecule has 0 radical (unpaired) electrons. The molecule has 19 heavy (non-hydrogen) atoms. The highest BCUT2D eigenvalue weighted by atomic mass is 35.5. The maximum Gasteiger partial charge on any atom is 0.125 e. The number of anilines is 2. The maximum atomic E-state index is 13.2. The van der Waals surface area contributed by atoms with Gasteiger partial charge >= 0.3 is 0 Å². The molecule has 2 rings (SSSR count). The highest BCUT2D eigenvalue weighted by Crippen LogP contribution is 2.28. The topological polar surface area (TPSA) is 47.3 Å². The van der Waals surface area contributed by atoms with E-state index in [0.717, 1.165) is 5.56 Å². The van der Waals surface area contributed by atoms with E-state index in [1.807, 2.05) is 6.07 Å². The maximum absolute atomic E-state index is 13.2. The lowest BCUT2D eigenvalue weighted by atomic mass is 10.2. The van der Waals surface area contributed by atoms with Gasteiger partial charge in [0.05, 0.1) is 18.5 Å². The third kappa shape index (κ3) is 3.09. The summed E-state index contributed by atoms with van der Waals surface area (Å²) in [6.45, 7) is 0.399. The summed E-state index contributed by atoms with van der Waals surface area (Å²) in [5, 5.41) is 3.64. The summed E-state index contributed by atoms with van der Waals surface area (Å²) in [5.41, 5.74) is 7.58. The van der Waals surface area contributed by atoms with Gasteiger partial charge in [0, 0.05) is 17.1 Å². The molecule has 0 aliphatic rings. The Kier molecular flexibility index (Phi) is 4.12. The van der Waals surface area contributed by atoms with E-state index >= 15 is 0 Å². The van der Waals surface area contributed by atoms with Crippen LogP contribution in [-0.2, 0) is 6.54 Å². The number of nitrogens with one attached hydrogen (secondary N) is 1. The van der Waals surface area contributed by atoms with Crippen LogP contribution in [0.5, 0.6) is 5.75 Å². The van der Waals surface area contributed by atoms with E-state index < -0.39 is 0 Å². The summed E-state index contributed by atoms with van der Waals surface area (Å²) >= 11 is 6.12. The summed E-state index contributed by atoms with van der Waals surface area (Å²) in [4.78, 5) is 0. The Hall–Kier alpha value is -1.94. The molecule has 0 unspecified atom stereocenters. The van der Waals surface area contributed by atoms with Gasteiger partial charge in [0.25, 0.3) is 0 Å². The van der Waals surface area contributed by atoms with Gasteiger partial charge in [-0.2, -0.15) is 0 Å². The van der Waals surface area contributed by atoms with Gasteiger partial charge in [-0.1, -0.05) is 17.7 Å². The molecule has 0 spiro atoms. The molecule has 2 aromatic carbocycles. The van der Waals surface area contributed by atoms with Crippen molar-refractivity contribution in [2.75, 3.05) is 18.2 Å². The fourth-order valence-electron chi connectivity index (χ4n) is 1.77. The predicted octanol–water partition coefficient (Wildman–Crippen LogP) is 3.68. The molecule has 100 valence electrons. The normalized spacial score (nSPS) is 10.3. The van der Waals surface area contributed by atoms with Crippen LogP contribution >= 0.6 is 11.6 Å². The first-order valence-electron chi connectivity index (χ1n) is 5.72. The van der Waals surface area contributed by atoms with Crippen molar-refractivity contribution in [2.24, 2.45) is 0 Å². The summed E-state index contributed by atoms with van der Waals surface area (Å²) in [5.74, 6) is 0.331. The number of rotatable bonds is 4. The fraction of sp³-hybridized carbons (Fsp3) is 0.143. The quantitative estimate of drug-likeness (QED) is 0.840. The molecule has 2 aromatic rings. The van der Waals surface area contributed by atoms with Crippen LogP contribution in [0.25, 0.3) is 0 Å². The molecule has 0 saturated heterocycles. The lowest BCUT2D eigenvalue weighted by Gasteiger charge is -2.13. The van der Waals surface area contributed by atoms with Crippen molar-refractivity contribution in [1.82, 2.24) is 0 Å². The van der Waals surface area contributed by atoms with Crippen molar-refractivity contribution in [1.29, 1.82) is 0 Å². The minimum atomic E-state index is -0.345. The predicted molar refractivity (Wildman–Crippen MR) is 76.1 cm³/mol. The molecule has 0 aliphatic carbocycles. The zero-order chi connectivity index (χ0) is 13.8. The van der Waals surface area contributed by atoms with Crippen LogP contribution in [-0.4, -0.2) is 7.11 Å². The third-order valence-electron chi connectivity index (χ3n) is 2.77. The molecule has 5 heteroatoms. The van der Waals surface area contributed by atoms with Crippen LogP contribution in [0.3, 0.4) is 0 Å². The second kappa shape index (κ2) is 5.80. The first-order valence-corrected chi connectivity index (χ1v) is 6.10. The average Bonchev–Trinajstić information content (AvgIpc) is 2.40. The van der Waals surface area contributed by atoms with Crippen LogP contribution in [0.4, 0.5) is 15.8 Å². The van der Waals surface area contributed by atoms with Gasteiger partial charge in [0.2, 0.25) is 0 Å². The Balaban J connectivity index is 2.21. The van der Waals surface area contributed by atoms with E-state index in [-0.39, 0.29) is 5.82 Å². The number of nitrogens with two attached hydrogens (primary N) is 1. The second-order valence-corrected chi connectivity index (χ2v) is 4.41. The lowest BCUT2D eigenvalue weighted by molar-refractivity contribution is 0.410. The molecule has 0 heterocycles. The first-order chi connectivity index (χ1) is 9.11. The Morgan fingerprint density at radius 2 is 2.11 bits per heavy atom. The van der Waals surface area contributed by atoms with Crippen LogP contribution in [0.2, 0.25) is 5.02 Å². The third-order valence-corrected chi connectivity index (χ3v) is 3.12. The van der Waals surface area contributed by atoms with Gasteiger partial charge in [0.15, 0.2) is 0 Å². The van der Waals surface area contributed by atoms with Crippen molar-refractivity contribution in [3.05, 3.63) is 52.8 Å². The van der Waals surface area contributed by atoms with E-state index in [4.69, 9.17) is 22.1 Å². The zero-order valence-corrected chi connectivity index (χ0v) is 11.2. The number of benzene rings is 2. The zero-order valence-electron chi connectivity index (χ0n) is 10.4. The largest absolute Gasteiger partial charge is 0.496 e. The first kappa shape index (κ1) is 13.5. The fourth-order valence-corrected chi connectivity index (χ4v) is 2.00. The molecule has 0 bridgehead atoms. The number of ether oxygens (including phenoxy) is 1. The minimum absolute atomic E-state index is 0.345. The SMILES string of the molecule is COc1cccc(Cl)c1CNc1cc(F)ccc1N. The van der Waals surface area contributed by atoms with Gasteiger partial charge < -0.3 is 15.8 Å². The number of methoxy groups -OCH3 is 1. The summed E-state index contributed by atoms with van der Waals surface area (Å²) in [6, 6.07) is 9.58. The Bertz CT molecular complexity index is 590. The van der Waals surface area contributed by atoms with Crippen LogP contribution in [0.1, 0.15) is 5.56 Å². The van der Waals surface area contributed by atoms with Gasteiger partial charge in [-0.15, -0.1) is 0 Å². The molecule has 3 nitrogen and oxygen atoms in total. The number of halogens is 2. The Labute approximate surface area is 116 Å². The average molecular weight is 281 g/mol. The van der Waals surface area contributed by atoms with Crippen LogP contribution in [0, 0.1) is 5.82 Å². The van der Waals surface area contributed by atoms with Gasteiger partial charge in [-0.05, 0) is 30.3 Å². The lowest BCUT2D eigenvalue weighted by Crippen LogP contribution is -2.05. The molecule has 0 atom stereocenters. The molecule has 0 aromatic heterocycles. The molecule has 0 aliphatic heterocycles.